The van der Waals surface area contributed by atoms with Gasteiger partial charge >= 0.3 is 12.2 Å². The zero-order valence-electron chi connectivity index (χ0n) is 13.6. The van der Waals surface area contributed by atoms with Gasteiger partial charge in [-0.3, -0.25) is 0 Å². The number of halogens is 4. The van der Waals surface area contributed by atoms with Crippen molar-refractivity contribution in [2.45, 2.75) is 12.7 Å². The quantitative estimate of drug-likeness (QED) is 0.579. The zero-order valence-corrected chi connectivity index (χ0v) is 13.6. The molecule has 0 atom stereocenters. The van der Waals surface area contributed by atoms with Crippen molar-refractivity contribution in [1.82, 2.24) is 15.0 Å². The molecular formula is C17H13F4N5O. The van der Waals surface area contributed by atoms with E-state index < -0.39 is 17.8 Å². The van der Waals surface area contributed by atoms with E-state index in [2.05, 4.69) is 25.6 Å². The second kappa shape index (κ2) is 7.44. The van der Waals surface area contributed by atoms with Crippen LogP contribution in [0.4, 0.5) is 35.1 Å². The molecule has 27 heavy (non-hydrogen) atoms. The van der Waals surface area contributed by atoms with Gasteiger partial charge in [0.1, 0.15) is 5.82 Å². The average Bonchev–Trinajstić information content (AvgIpc) is 2.60. The predicted octanol–water partition coefficient (Wildman–Crippen LogP) is 4.09. The van der Waals surface area contributed by atoms with Crippen molar-refractivity contribution in [3.63, 3.8) is 0 Å². The van der Waals surface area contributed by atoms with Crippen LogP contribution in [-0.4, -0.2) is 20.1 Å². The van der Waals surface area contributed by atoms with Crippen molar-refractivity contribution >= 4 is 17.6 Å². The van der Waals surface area contributed by atoms with Gasteiger partial charge in [-0.05, 0) is 35.9 Å². The molecule has 0 fully saturated rings. The van der Waals surface area contributed by atoms with Crippen LogP contribution in [0, 0.1) is 5.82 Å². The molecule has 3 N–H and O–H groups in total. The second-order valence-corrected chi connectivity index (χ2v) is 5.47. The Morgan fingerprint density at radius 1 is 0.926 bits per heavy atom. The van der Waals surface area contributed by atoms with E-state index in [9.17, 15) is 22.7 Å². The molecule has 0 saturated carbocycles. The molecule has 1 aromatic heterocycles. The van der Waals surface area contributed by atoms with Crippen LogP contribution in [0.2, 0.25) is 0 Å². The van der Waals surface area contributed by atoms with Gasteiger partial charge in [-0.25, -0.2) is 4.39 Å². The number of nitrogens with zero attached hydrogens (tertiary/aromatic N) is 3. The van der Waals surface area contributed by atoms with Crippen LogP contribution < -0.4 is 10.6 Å². The average molecular weight is 379 g/mol. The molecule has 0 aliphatic rings. The number of hydrogen-bond donors (Lipinski definition) is 3. The number of aromatic hydroxyl groups is 1. The van der Waals surface area contributed by atoms with Gasteiger partial charge in [0.25, 0.3) is 0 Å². The van der Waals surface area contributed by atoms with E-state index in [0.29, 0.717) is 0 Å². The number of rotatable bonds is 5. The van der Waals surface area contributed by atoms with E-state index >= 15 is 0 Å². The van der Waals surface area contributed by atoms with Gasteiger partial charge in [-0.1, -0.05) is 18.2 Å². The van der Waals surface area contributed by atoms with Crippen molar-refractivity contribution in [2.75, 3.05) is 10.6 Å². The molecule has 0 unspecified atom stereocenters. The Hall–Kier alpha value is -3.43. The number of alkyl halides is 3. The monoisotopic (exact) mass is 379 g/mol. The molecule has 140 valence electrons. The number of nitrogens with one attached hydrogen (secondary N) is 2. The largest absolute Gasteiger partial charge is 0.479 e. The van der Waals surface area contributed by atoms with Gasteiger partial charge in [-0.15, -0.1) is 0 Å². The van der Waals surface area contributed by atoms with E-state index in [-0.39, 0.29) is 29.9 Å². The normalized spacial score (nSPS) is 11.3. The third kappa shape index (κ3) is 5.03. The van der Waals surface area contributed by atoms with Gasteiger partial charge in [0, 0.05) is 12.2 Å². The fourth-order valence-corrected chi connectivity index (χ4v) is 2.19. The fourth-order valence-electron chi connectivity index (χ4n) is 2.19. The maximum atomic E-state index is 12.9. The van der Waals surface area contributed by atoms with Gasteiger partial charge in [0.2, 0.25) is 11.9 Å². The molecule has 0 saturated heterocycles. The molecular weight excluding hydrogens is 366 g/mol. The van der Waals surface area contributed by atoms with Crippen LogP contribution in [0.15, 0.2) is 48.5 Å². The molecule has 6 nitrogen and oxygen atoms in total. The number of aromatic nitrogens is 3. The minimum Gasteiger partial charge on any atom is -0.479 e. The van der Waals surface area contributed by atoms with Crippen LogP contribution in [0.25, 0.3) is 0 Å². The first-order valence-electron chi connectivity index (χ1n) is 7.67. The summed E-state index contributed by atoms with van der Waals surface area (Å²) in [6, 6.07) is 9.57. The fraction of sp³-hybridized carbons (Fsp3) is 0.118. The molecule has 10 heteroatoms. The zero-order chi connectivity index (χ0) is 19.4. The van der Waals surface area contributed by atoms with Gasteiger partial charge in [0.05, 0.1) is 5.56 Å². The highest BCUT2D eigenvalue weighted by atomic mass is 19.4. The molecule has 3 rings (SSSR count). The molecule has 0 amide bonds. The standard InChI is InChI=1S/C17H13F4N5O/c18-12-6-4-10(5-7-12)9-22-14-24-15(26-16(27)25-14)23-13-3-1-2-11(8-13)17(19,20)21/h1-8H,9H2,(H3,22,23,24,25,26,27). The summed E-state index contributed by atoms with van der Waals surface area (Å²) in [5, 5.41) is 15.0. The number of benzene rings is 2. The topological polar surface area (TPSA) is 83.0 Å². The highest BCUT2D eigenvalue weighted by molar-refractivity contribution is 5.55. The Kier molecular flexibility index (Phi) is 5.06. The molecule has 1 heterocycles. The highest BCUT2D eigenvalue weighted by Gasteiger charge is 2.30. The van der Waals surface area contributed by atoms with E-state index in [0.717, 1.165) is 17.7 Å². The Balaban J connectivity index is 1.74. The summed E-state index contributed by atoms with van der Waals surface area (Å²) in [6.07, 6.45) is -4.49. The van der Waals surface area contributed by atoms with Crippen molar-refractivity contribution in [2.24, 2.45) is 0 Å². The Morgan fingerprint density at radius 2 is 1.63 bits per heavy atom. The Morgan fingerprint density at radius 3 is 2.33 bits per heavy atom. The third-order valence-corrected chi connectivity index (χ3v) is 3.43. The maximum absolute atomic E-state index is 12.9. The van der Waals surface area contributed by atoms with E-state index in [1.54, 1.807) is 12.1 Å². The van der Waals surface area contributed by atoms with Crippen LogP contribution in [-0.2, 0) is 12.7 Å². The van der Waals surface area contributed by atoms with Crippen molar-refractivity contribution in [3.8, 4) is 6.01 Å². The predicted molar refractivity (Wildman–Crippen MR) is 89.9 cm³/mol. The van der Waals surface area contributed by atoms with Crippen LogP contribution in [0.5, 0.6) is 6.01 Å². The molecule has 0 radical (unpaired) electrons. The summed E-state index contributed by atoms with van der Waals surface area (Å²) >= 11 is 0. The Bertz CT molecular complexity index is 931. The SMILES string of the molecule is Oc1nc(NCc2ccc(F)cc2)nc(Nc2cccc(C(F)(F)F)c2)n1. The van der Waals surface area contributed by atoms with Crippen molar-refractivity contribution < 1.29 is 22.7 Å². The summed E-state index contributed by atoms with van der Waals surface area (Å²) in [5.74, 6) is -0.506. The van der Waals surface area contributed by atoms with Crippen molar-refractivity contribution in [1.29, 1.82) is 0 Å². The first kappa shape index (κ1) is 18.4. The van der Waals surface area contributed by atoms with Gasteiger partial charge < -0.3 is 15.7 Å². The van der Waals surface area contributed by atoms with Gasteiger partial charge in [0.15, 0.2) is 0 Å². The lowest BCUT2D eigenvalue weighted by molar-refractivity contribution is -0.137. The maximum Gasteiger partial charge on any atom is 0.416 e. The lowest BCUT2D eigenvalue weighted by atomic mass is 10.2. The summed E-state index contributed by atoms with van der Waals surface area (Å²) in [6.45, 7) is 0.243. The summed E-state index contributed by atoms with van der Waals surface area (Å²) < 4.78 is 51.2. The summed E-state index contributed by atoms with van der Waals surface area (Å²) in [7, 11) is 0. The molecule has 3 aromatic rings. The summed E-state index contributed by atoms with van der Waals surface area (Å²) in [5.41, 5.74) is 0.00374. The van der Waals surface area contributed by atoms with Gasteiger partial charge in [-0.2, -0.15) is 28.1 Å². The molecule has 0 bridgehead atoms. The Labute approximate surface area is 150 Å². The van der Waals surface area contributed by atoms with E-state index in [1.807, 2.05) is 0 Å². The molecule has 0 aliphatic carbocycles. The molecule has 0 aliphatic heterocycles. The highest BCUT2D eigenvalue weighted by Crippen LogP contribution is 2.31. The van der Waals surface area contributed by atoms with E-state index in [1.165, 1.54) is 24.3 Å². The van der Waals surface area contributed by atoms with E-state index in [4.69, 9.17) is 0 Å². The lowest BCUT2D eigenvalue weighted by Crippen LogP contribution is -2.08. The molecule has 2 aromatic carbocycles. The van der Waals surface area contributed by atoms with Crippen LogP contribution in [0.3, 0.4) is 0 Å². The number of hydrogen-bond acceptors (Lipinski definition) is 6. The summed E-state index contributed by atoms with van der Waals surface area (Å²) in [4.78, 5) is 11.3. The lowest BCUT2D eigenvalue weighted by Gasteiger charge is -2.11. The molecule has 0 spiro atoms. The first-order chi connectivity index (χ1) is 12.8. The second-order valence-electron chi connectivity index (χ2n) is 5.47. The van der Waals surface area contributed by atoms with Crippen LogP contribution in [0.1, 0.15) is 11.1 Å². The smallest absolute Gasteiger partial charge is 0.416 e. The number of anilines is 3. The minimum atomic E-state index is -4.49. The minimum absolute atomic E-state index is 0.00120. The third-order valence-electron chi connectivity index (χ3n) is 3.43. The van der Waals surface area contributed by atoms with Crippen molar-refractivity contribution in [3.05, 3.63) is 65.5 Å². The van der Waals surface area contributed by atoms with Crippen LogP contribution >= 0.6 is 0 Å². The first-order valence-corrected chi connectivity index (χ1v) is 7.67.